The number of carboxylic acid groups (broad SMARTS) is 1. The molecule has 3 amide bonds. The van der Waals surface area contributed by atoms with Crippen molar-refractivity contribution < 1.29 is 24.3 Å². The molecule has 3 unspecified atom stereocenters. The third-order valence-electron chi connectivity index (χ3n) is 6.11. The number of benzene rings is 1. The van der Waals surface area contributed by atoms with Crippen molar-refractivity contribution in [3.8, 4) is 0 Å². The van der Waals surface area contributed by atoms with E-state index in [0.717, 1.165) is 16.5 Å². The van der Waals surface area contributed by atoms with Gasteiger partial charge in [-0.3, -0.25) is 14.4 Å². The minimum Gasteiger partial charge on any atom is -0.480 e. The molecule has 0 saturated heterocycles. The van der Waals surface area contributed by atoms with Gasteiger partial charge in [0, 0.05) is 41.8 Å². The number of para-hydroxylation sites is 1. The van der Waals surface area contributed by atoms with Crippen molar-refractivity contribution in [3.05, 3.63) is 54.2 Å². The number of aromatic amines is 2. The standard InChI is InChI=1S/C25H34N8O5/c26-8-4-3-7-19(25(37)38)32-23(35)20(9-15-12-29-18-6-2-1-5-17(15)18)33-24(36)21(31-22(34)11-27)10-16-13-28-14-30-16/h1-2,5-6,12-14,19-21,29H,3-4,7-11,26-27H2,(H,28,30)(H,31,34)(H,32,35)(H,33,36)(H,37,38). The molecule has 1 aromatic carbocycles. The molecule has 10 N–H and O–H groups in total. The lowest BCUT2D eigenvalue weighted by atomic mass is 10.0. The number of hydrogen-bond donors (Lipinski definition) is 8. The van der Waals surface area contributed by atoms with E-state index < -0.39 is 41.8 Å². The molecule has 0 radical (unpaired) electrons. The number of carbonyl (C=O) groups is 4. The lowest BCUT2D eigenvalue weighted by Crippen LogP contribution is -2.57. The normalized spacial score (nSPS) is 13.4. The summed E-state index contributed by atoms with van der Waals surface area (Å²) >= 11 is 0. The first-order valence-electron chi connectivity index (χ1n) is 12.4. The van der Waals surface area contributed by atoms with Crippen molar-refractivity contribution in [1.29, 1.82) is 0 Å². The first kappa shape index (κ1) is 28.3. The van der Waals surface area contributed by atoms with Crippen LogP contribution in [0.15, 0.2) is 43.0 Å². The number of rotatable bonds is 15. The smallest absolute Gasteiger partial charge is 0.326 e. The summed E-state index contributed by atoms with van der Waals surface area (Å²) in [7, 11) is 0. The Kier molecular flexibility index (Phi) is 10.4. The van der Waals surface area contributed by atoms with Crippen LogP contribution in [-0.4, -0.2) is 75.0 Å². The van der Waals surface area contributed by atoms with Gasteiger partial charge in [0.05, 0.1) is 12.9 Å². The SMILES string of the molecule is NCCCCC(NC(=O)C(Cc1c[nH]c2ccccc12)NC(=O)C(Cc1cnc[nH]1)NC(=O)CN)C(=O)O. The van der Waals surface area contributed by atoms with Crippen LogP contribution in [0, 0.1) is 0 Å². The lowest BCUT2D eigenvalue weighted by molar-refractivity contribution is -0.142. The van der Waals surface area contributed by atoms with E-state index in [4.69, 9.17) is 11.5 Å². The summed E-state index contributed by atoms with van der Waals surface area (Å²) in [5.41, 5.74) is 13.1. The van der Waals surface area contributed by atoms with Crippen LogP contribution in [-0.2, 0) is 32.0 Å². The molecule has 204 valence electrons. The second-order valence-corrected chi connectivity index (χ2v) is 8.91. The summed E-state index contributed by atoms with van der Waals surface area (Å²) in [4.78, 5) is 60.5. The second-order valence-electron chi connectivity index (χ2n) is 8.91. The number of carbonyl (C=O) groups excluding carboxylic acids is 3. The molecule has 0 fully saturated rings. The Labute approximate surface area is 219 Å². The summed E-state index contributed by atoms with van der Waals surface area (Å²) in [6.45, 7) is 0.0842. The second kappa shape index (κ2) is 13.9. The zero-order valence-corrected chi connectivity index (χ0v) is 20.9. The van der Waals surface area contributed by atoms with Crippen LogP contribution in [0.25, 0.3) is 10.9 Å². The van der Waals surface area contributed by atoms with E-state index in [1.165, 1.54) is 12.5 Å². The molecule has 3 rings (SSSR count). The van der Waals surface area contributed by atoms with E-state index in [0.29, 0.717) is 25.1 Å². The van der Waals surface area contributed by atoms with E-state index in [2.05, 4.69) is 30.9 Å². The Balaban J connectivity index is 1.84. The molecule has 0 aliphatic heterocycles. The number of nitrogens with zero attached hydrogens (tertiary/aromatic N) is 1. The van der Waals surface area contributed by atoms with Gasteiger partial charge in [-0.2, -0.15) is 0 Å². The lowest BCUT2D eigenvalue weighted by Gasteiger charge is -2.24. The van der Waals surface area contributed by atoms with Gasteiger partial charge in [-0.15, -0.1) is 0 Å². The minimum atomic E-state index is -1.18. The highest BCUT2D eigenvalue weighted by Gasteiger charge is 2.30. The Hall–Kier alpha value is -4.23. The third-order valence-corrected chi connectivity index (χ3v) is 6.11. The van der Waals surface area contributed by atoms with Crippen molar-refractivity contribution in [2.75, 3.05) is 13.1 Å². The van der Waals surface area contributed by atoms with Crippen molar-refractivity contribution in [2.45, 2.75) is 50.2 Å². The fourth-order valence-electron chi connectivity index (χ4n) is 4.10. The number of H-pyrrole nitrogens is 2. The van der Waals surface area contributed by atoms with Crippen LogP contribution in [0.4, 0.5) is 0 Å². The van der Waals surface area contributed by atoms with Crippen LogP contribution in [0.5, 0.6) is 0 Å². The molecule has 3 atom stereocenters. The summed E-state index contributed by atoms with van der Waals surface area (Å²) in [6.07, 6.45) is 6.19. The van der Waals surface area contributed by atoms with Crippen molar-refractivity contribution in [1.82, 2.24) is 30.9 Å². The molecule has 13 heteroatoms. The first-order valence-corrected chi connectivity index (χ1v) is 12.4. The number of amides is 3. The molecule has 2 aromatic heterocycles. The van der Waals surface area contributed by atoms with Gasteiger partial charge in [0.25, 0.3) is 0 Å². The van der Waals surface area contributed by atoms with E-state index in [-0.39, 0.29) is 25.8 Å². The number of aliphatic carboxylic acids is 1. The highest BCUT2D eigenvalue weighted by Crippen LogP contribution is 2.19. The zero-order valence-electron chi connectivity index (χ0n) is 20.9. The van der Waals surface area contributed by atoms with Crippen LogP contribution in [0.3, 0.4) is 0 Å². The highest BCUT2D eigenvalue weighted by atomic mass is 16.4. The van der Waals surface area contributed by atoms with Gasteiger partial charge >= 0.3 is 5.97 Å². The monoisotopic (exact) mass is 526 g/mol. The molecule has 2 heterocycles. The molecule has 13 nitrogen and oxygen atoms in total. The average molecular weight is 527 g/mol. The van der Waals surface area contributed by atoms with E-state index in [9.17, 15) is 24.3 Å². The summed E-state index contributed by atoms with van der Waals surface area (Å²) < 4.78 is 0. The van der Waals surface area contributed by atoms with Gasteiger partial charge in [0.2, 0.25) is 17.7 Å². The molecule has 0 spiro atoms. The molecule has 38 heavy (non-hydrogen) atoms. The number of nitrogens with one attached hydrogen (secondary N) is 5. The third kappa shape index (κ3) is 7.88. The Morgan fingerprint density at radius 2 is 1.63 bits per heavy atom. The summed E-state index contributed by atoms with van der Waals surface area (Å²) in [6, 6.07) is 4.16. The molecule has 0 saturated carbocycles. The predicted molar refractivity (Wildman–Crippen MR) is 140 cm³/mol. The number of aromatic nitrogens is 3. The topological polar surface area (TPSA) is 221 Å². The van der Waals surface area contributed by atoms with Crippen LogP contribution < -0.4 is 27.4 Å². The van der Waals surface area contributed by atoms with Crippen LogP contribution in [0.2, 0.25) is 0 Å². The number of imidazole rings is 1. The van der Waals surface area contributed by atoms with Crippen LogP contribution >= 0.6 is 0 Å². The van der Waals surface area contributed by atoms with Crippen LogP contribution in [0.1, 0.15) is 30.5 Å². The van der Waals surface area contributed by atoms with Gasteiger partial charge in [-0.05, 0) is 37.4 Å². The van der Waals surface area contributed by atoms with Crippen molar-refractivity contribution in [3.63, 3.8) is 0 Å². The van der Waals surface area contributed by atoms with E-state index in [1.807, 2.05) is 24.3 Å². The molecule has 0 aliphatic carbocycles. The fraction of sp³-hybridized carbons (Fsp3) is 0.400. The molecule has 0 bridgehead atoms. The minimum absolute atomic E-state index is 0.0792. The molecular formula is C25H34N8O5. The number of fused-ring (bicyclic) bond motifs is 1. The molecule has 0 aliphatic rings. The van der Waals surface area contributed by atoms with Gasteiger partial charge in [0.15, 0.2) is 0 Å². The maximum Gasteiger partial charge on any atom is 0.326 e. The fourth-order valence-corrected chi connectivity index (χ4v) is 4.10. The first-order chi connectivity index (χ1) is 18.3. The predicted octanol–water partition coefficient (Wildman–Crippen LogP) is -0.697. The van der Waals surface area contributed by atoms with Crippen molar-refractivity contribution in [2.24, 2.45) is 11.5 Å². The number of carboxylic acids is 1. The maximum atomic E-state index is 13.4. The zero-order chi connectivity index (χ0) is 27.5. The number of nitrogens with two attached hydrogens (primary N) is 2. The van der Waals surface area contributed by atoms with Gasteiger partial charge in [-0.1, -0.05) is 18.2 Å². The van der Waals surface area contributed by atoms with Gasteiger partial charge in [0.1, 0.15) is 18.1 Å². The highest BCUT2D eigenvalue weighted by molar-refractivity contribution is 5.94. The number of hydrogen-bond acceptors (Lipinski definition) is 7. The number of unbranched alkanes of at least 4 members (excludes halogenated alkanes) is 1. The molecular weight excluding hydrogens is 492 g/mol. The quantitative estimate of drug-likeness (QED) is 0.118. The maximum absolute atomic E-state index is 13.4. The average Bonchev–Trinajstić information content (AvgIpc) is 3.57. The largest absolute Gasteiger partial charge is 0.480 e. The van der Waals surface area contributed by atoms with Gasteiger partial charge in [-0.25, -0.2) is 9.78 Å². The molecule has 3 aromatic rings. The Morgan fingerprint density at radius 1 is 0.921 bits per heavy atom. The van der Waals surface area contributed by atoms with Crippen molar-refractivity contribution >= 4 is 34.6 Å². The summed E-state index contributed by atoms with van der Waals surface area (Å²) in [5.74, 6) is -3.02. The van der Waals surface area contributed by atoms with E-state index >= 15 is 0 Å². The van der Waals surface area contributed by atoms with Gasteiger partial charge < -0.3 is 42.5 Å². The Bertz CT molecular complexity index is 1230. The Morgan fingerprint density at radius 3 is 2.29 bits per heavy atom. The van der Waals surface area contributed by atoms with E-state index in [1.54, 1.807) is 6.20 Å². The summed E-state index contributed by atoms with van der Waals surface area (Å²) in [5, 5.41) is 18.3.